The first-order valence-electron chi connectivity index (χ1n) is 3.60. The molecule has 0 spiro atoms. The Morgan fingerprint density at radius 1 is 1.64 bits per heavy atom. The fraction of sp³-hybridized carbons (Fsp3) is 0.429. The number of rotatable bonds is 2. The van der Waals surface area contributed by atoms with Gasteiger partial charge in [-0.2, -0.15) is 13.2 Å². The van der Waals surface area contributed by atoms with E-state index in [9.17, 15) is 18.0 Å². The Balaban J connectivity index is 2.63. The maximum atomic E-state index is 11.9. The minimum atomic E-state index is -4.37. The first-order chi connectivity index (χ1) is 6.40. The van der Waals surface area contributed by atoms with E-state index in [0.29, 0.717) is 4.90 Å². The van der Waals surface area contributed by atoms with Gasteiger partial charge in [0, 0.05) is 12.4 Å². The number of hydrogen-bond donors (Lipinski definition) is 0. The minimum Gasteiger partial charge on any atom is -0.331 e. The lowest BCUT2D eigenvalue weighted by molar-refractivity contribution is -0.138. The fourth-order valence-corrected chi connectivity index (χ4v) is 1.38. The molecule has 0 fully saturated rings. The van der Waals surface area contributed by atoms with Gasteiger partial charge in [0.2, 0.25) is 0 Å². The minimum absolute atomic E-state index is 0.0433. The van der Waals surface area contributed by atoms with Crippen LogP contribution in [0.5, 0.6) is 0 Å². The van der Waals surface area contributed by atoms with Crippen LogP contribution in [0.1, 0.15) is 10.5 Å². The van der Waals surface area contributed by atoms with Crippen molar-refractivity contribution >= 4 is 17.2 Å². The average molecular weight is 224 g/mol. The third kappa shape index (κ3) is 2.99. The number of halogens is 3. The predicted octanol–water partition coefficient (Wildman–Crippen LogP) is 1.78. The molecule has 0 atom stereocenters. The summed E-state index contributed by atoms with van der Waals surface area (Å²) in [4.78, 5) is 15.5. The molecule has 0 aliphatic heterocycles. The molecule has 78 valence electrons. The van der Waals surface area contributed by atoms with E-state index in [4.69, 9.17) is 0 Å². The standard InChI is InChI=1S/C7H7F3N2OS/c1-12(3-7(8,9)10)6(13)5-2-14-4-11-5/h2,4H,3H2,1H3. The molecule has 7 heteroatoms. The van der Waals surface area contributed by atoms with Crippen molar-refractivity contribution in [2.45, 2.75) is 6.18 Å². The lowest BCUT2D eigenvalue weighted by atomic mass is 10.4. The molecule has 0 unspecified atom stereocenters. The van der Waals surface area contributed by atoms with Crippen LogP contribution in [0, 0.1) is 0 Å². The first kappa shape index (κ1) is 11.0. The van der Waals surface area contributed by atoms with Gasteiger partial charge in [0.25, 0.3) is 5.91 Å². The van der Waals surface area contributed by atoms with Crippen LogP contribution in [0.25, 0.3) is 0 Å². The number of aromatic nitrogens is 1. The van der Waals surface area contributed by atoms with Gasteiger partial charge in [-0.25, -0.2) is 4.98 Å². The van der Waals surface area contributed by atoms with Gasteiger partial charge in [-0.1, -0.05) is 0 Å². The number of carbonyl (C=O) groups is 1. The molecular weight excluding hydrogens is 217 g/mol. The van der Waals surface area contributed by atoms with E-state index in [-0.39, 0.29) is 5.69 Å². The van der Waals surface area contributed by atoms with Crippen molar-refractivity contribution in [2.75, 3.05) is 13.6 Å². The number of alkyl halides is 3. The van der Waals surface area contributed by atoms with E-state index in [0.717, 1.165) is 18.4 Å². The molecular formula is C7H7F3N2OS. The van der Waals surface area contributed by atoms with Crippen LogP contribution in [0.4, 0.5) is 13.2 Å². The molecule has 1 aromatic heterocycles. The highest BCUT2D eigenvalue weighted by Gasteiger charge is 2.31. The number of carbonyl (C=O) groups excluding carboxylic acids is 1. The molecule has 1 heterocycles. The van der Waals surface area contributed by atoms with Crippen LogP contribution in [-0.4, -0.2) is 35.6 Å². The van der Waals surface area contributed by atoms with Gasteiger partial charge in [0.15, 0.2) is 0 Å². The fourth-order valence-electron chi connectivity index (χ4n) is 0.854. The Kier molecular flexibility index (Phi) is 3.10. The van der Waals surface area contributed by atoms with Crippen molar-refractivity contribution in [1.82, 2.24) is 9.88 Å². The summed E-state index contributed by atoms with van der Waals surface area (Å²) in [6.45, 7) is -1.26. The van der Waals surface area contributed by atoms with Crippen molar-refractivity contribution < 1.29 is 18.0 Å². The van der Waals surface area contributed by atoms with E-state index in [1.807, 2.05) is 0 Å². The molecule has 14 heavy (non-hydrogen) atoms. The Labute approximate surface area is 82.2 Å². The Morgan fingerprint density at radius 2 is 2.29 bits per heavy atom. The van der Waals surface area contributed by atoms with Gasteiger partial charge in [-0.15, -0.1) is 11.3 Å². The van der Waals surface area contributed by atoms with Crippen molar-refractivity contribution in [2.24, 2.45) is 0 Å². The zero-order valence-electron chi connectivity index (χ0n) is 7.21. The highest BCUT2D eigenvalue weighted by molar-refractivity contribution is 7.07. The molecule has 0 saturated carbocycles. The largest absolute Gasteiger partial charge is 0.406 e. The Morgan fingerprint density at radius 3 is 2.71 bits per heavy atom. The quantitative estimate of drug-likeness (QED) is 0.767. The number of thiazole rings is 1. The van der Waals surface area contributed by atoms with Gasteiger partial charge in [-0.05, 0) is 0 Å². The molecule has 0 radical (unpaired) electrons. The zero-order chi connectivity index (χ0) is 10.8. The topological polar surface area (TPSA) is 33.2 Å². The van der Waals surface area contributed by atoms with E-state index in [1.54, 1.807) is 0 Å². The third-order valence-electron chi connectivity index (χ3n) is 1.41. The molecule has 1 rings (SSSR count). The summed E-state index contributed by atoms with van der Waals surface area (Å²) in [7, 11) is 1.09. The zero-order valence-corrected chi connectivity index (χ0v) is 8.02. The van der Waals surface area contributed by atoms with Crippen LogP contribution in [0.2, 0.25) is 0 Å². The molecule has 1 amide bonds. The first-order valence-corrected chi connectivity index (χ1v) is 4.55. The molecule has 0 bridgehead atoms. The number of nitrogens with zero attached hydrogens (tertiary/aromatic N) is 2. The van der Waals surface area contributed by atoms with E-state index in [2.05, 4.69) is 4.98 Å². The monoisotopic (exact) mass is 224 g/mol. The molecule has 0 aliphatic carbocycles. The lowest BCUT2D eigenvalue weighted by Crippen LogP contribution is -2.35. The second-order valence-electron chi connectivity index (χ2n) is 2.65. The second kappa shape index (κ2) is 3.95. The van der Waals surface area contributed by atoms with Gasteiger partial charge in [0.05, 0.1) is 5.51 Å². The molecule has 0 N–H and O–H groups in total. The van der Waals surface area contributed by atoms with Crippen LogP contribution in [-0.2, 0) is 0 Å². The number of amides is 1. The van der Waals surface area contributed by atoms with Crippen molar-refractivity contribution in [1.29, 1.82) is 0 Å². The van der Waals surface area contributed by atoms with E-state index < -0.39 is 18.6 Å². The predicted molar refractivity (Wildman–Crippen MR) is 45.1 cm³/mol. The van der Waals surface area contributed by atoms with Crippen LogP contribution in [0.15, 0.2) is 10.9 Å². The van der Waals surface area contributed by atoms with Gasteiger partial charge in [-0.3, -0.25) is 4.79 Å². The average Bonchev–Trinajstić information content (AvgIpc) is 2.51. The molecule has 0 saturated heterocycles. The molecule has 0 aromatic carbocycles. The molecule has 3 nitrogen and oxygen atoms in total. The third-order valence-corrected chi connectivity index (χ3v) is 2.00. The summed E-state index contributed by atoms with van der Waals surface area (Å²) in [5.41, 5.74) is 1.44. The van der Waals surface area contributed by atoms with Crippen LogP contribution >= 0.6 is 11.3 Å². The van der Waals surface area contributed by atoms with Crippen molar-refractivity contribution in [3.05, 3.63) is 16.6 Å². The van der Waals surface area contributed by atoms with Gasteiger partial charge >= 0.3 is 6.18 Å². The SMILES string of the molecule is CN(CC(F)(F)F)C(=O)c1cscn1. The summed E-state index contributed by atoms with van der Waals surface area (Å²) in [5, 5.41) is 1.41. The smallest absolute Gasteiger partial charge is 0.331 e. The summed E-state index contributed by atoms with van der Waals surface area (Å²) in [6.07, 6.45) is -4.37. The number of hydrogen-bond acceptors (Lipinski definition) is 3. The second-order valence-corrected chi connectivity index (χ2v) is 3.37. The van der Waals surface area contributed by atoms with Crippen molar-refractivity contribution in [3.8, 4) is 0 Å². The van der Waals surface area contributed by atoms with Crippen LogP contribution < -0.4 is 0 Å². The van der Waals surface area contributed by atoms with E-state index in [1.165, 1.54) is 10.9 Å². The summed E-state index contributed by atoms with van der Waals surface area (Å²) in [5.74, 6) is -0.719. The van der Waals surface area contributed by atoms with Gasteiger partial charge in [0.1, 0.15) is 12.2 Å². The van der Waals surface area contributed by atoms with Gasteiger partial charge < -0.3 is 4.90 Å². The highest BCUT2D eigenvalue weighted by Crippen LogP contribution is 2.16. The Hall–Kier alpha value is -1.11. The maximum absolute atomic E-state index is 11.9. The van der Waals surface area contributed by atoms with Crippen molar-refractivity contribution in [3.63, 3.8) is 0 Å². The van der Waals surface area contributed by atoms with Crippen LogP contribution in [0.3, 0.4) is 0 Å². The summed E-state index contributed by atoms with van der Waals surface area (Å²) < 4.78 is 35.7. The highest BCUT2D eigenvalue weighted by atomic mass is 32.1. The summed E-state index contributed by atoms with van der Waals surface area (Å²) >= 11 is 1.16. The summed E-state index contributed by atoms with van der Waals surface area (Å²) in [6, 6.07) is 0. The lowest BCUT2D eigenvalue weighted by Gasteiger charge is -2.17. The normalized spacial score (nSPS) is 11.4. The molecule has 0 aliphatic rings. The maximum Gasteiger partial charge on any atom is 0.406 e. The Bertz CT molecular complexity index is 309. The molecule has 1 aromatic rings. The van der Waals surface area contributed by atoms with E-state index >= 15 is 0 Å².